The number of cyclic esters (lactones) is 1. The number of sulfonamides is 1. The average molecular weight is 1210 g/mol. The summed E-state index contributed by atoms with van der Waals surface area (Å²) in [7, 11) is -4.19. The van der Waals surface area contributed by atoms with Crippen LogP contribution < -0.4 is 47.5 Å². The number of para-hydroxylation sites is 1. The average Bonchev–Trinajstić information content (AvgIpc) is 1.54. The lowest BCUT2D eigenvalue weighted by Gasteiger charge is -2.37. The molecular weight excluding hydrogens is 1150 g/mol. The van der Waals surface area contributed by atoms with Crippen molar-refractivity contribution in [2.75, 3.05) is 33.8 Å². The maximum atomic E-state index is 14.4. The fourth-order valence-corrected chi connectivity index (χ4v) is 12.0. The number of hydrogen-bond acceptors (Lipinski definition) is 14. The number of hydrogen-bond donors (Lipinski definition) is 9. The van der Waals surface area contributed by atoms with Crippen molar-refractivity contribution in [2.24, 2.45) is 5.92 Å². The fraction of sp³-hybridized carbons (Fsp3) is 0.333. The molecule has 26 heteroatoms. The molecule has 3 aliphatic rings. The number of nitrogens with zero attached hydrogens (tertiary/aromatic N) is 3. The van der Waals surface area contributed by atoms with E-state index in [0.29, 0.717) is 48.6 Å². The summed E-state index contributed by atoms with van der Waals surface area (Å²) >= 11 is 5.55. The summed E-state index contributed by atoms with van der Waals surface area (Å²) in [5.74, 6) is -4.64. The van der Waals surface area contributed by atoms with Gasteiger partial charge in [0, 0.05) is 52.4 Å². The van der Waals surface area contributed by atoms with Crippen LogP contribution in [0.15, 0.2) is 119 Å². The van der Waals surface area contributed by atoms with Crippen molar-refractivity contribution in [3.63, 3.8) is 0 Å². The topological polar surface area (TPSA) is 327 Å². The number of carboxylic acid groups (broad SMARTS) is 1. The third-order valence-corrected chi connectivity index (χ3v) is 16.6. The highest BCUT2D eigenvalue weighted by atomic mass is 32.2. The van der Waals surface area contributed by atoms with Gasteiger partial charge in [0.15, 0.2) is 5.11 Å². The summed E-state index contributed by atoms with van der Waals surface area (Å²) < 4.78 is 42.6. The van der Waals surface area contributed by atoms with E-state index in [2.05, 4.69) is 41.9 Å². The number of carbonyl (C=O) groups is 7. The van der Waals surface area contributed by atoms with E-state index in [4.69, 9.17) is 26.7 Å². The number of carbonyl (C=O) groups excluding carboxylic acids is 6. The zero-order valence-electron chi connectivity index (χ0n) is 47.6. The highest BCUT2D eigenvalue weighted by Crippen LogP contribution is 2.41. The lowest BCUT2D eigenvalue weighted by molar-refractivity contribution is -0.191. The number of aliphatic carboxylic acids is 1. The van der Waals surface area contributed by atoms with E-state index in [1.165, 1.54) is 53.4 Å². The van der Waals surface area contributed by atoms with Crippen molar-refractivity contribution < 1.29 is 56.6 Å². The number of carboxylic acids is 1. The van der Waals surface area contributed by atoms with Crippen LogP contribution in [0, 0.1) is 5.92 Å². The molecule has 86 heavy (non-hydrogen) atoms. The maximum absolute atomic E-state index is 14.4. The van der Waals surface area contributed by atoms with E-state index < -0.39 is 99.5 Å². The second-order valence-electron chi connectivity index (χ2n) is 21.4. The maximum Gasteiger partial charge on any atom is 0.355 e. The Kier molecular flexibility index (Phi) is 18.4. The van der Waals surface area contributed by atoms with Gasteiger partial charge in [0.2, 0.25) is 17.4 Å². The first-order valence-corrected chi connectivity index (χ1v) is 29.9. The molecule has 9 rings (SSSR count). The molecule has 1 unspecified atom stereocenters. The Labute approximate surface area is 500 Å². The first kappa shape index (κ1) is 61.1. The molecule has 0 aliphatic carbocycles. The van der Waals surface area contributed by atoms with Gasteiger partial charge in [-0.15, -0.1) is 0 Å². The van der Waals surface area contributed by atoms with Gasteiger partial charge in [-0.1, -0.05) is 64.1 Å². The van der Waals surface area contributed by atoms with Crippen LogP contribution in [0.2, 0.25) is 0 Å². The second kappa shape index (κ2) is 25.8. The first-order valence-electron chi connectivity index (χ1n) is 28.0. The largest absolute Gasteiger partial charge is 0.481 e. The van der Waals surface area contributed by atoms with Crippen LogP contribution in [0.4, 0.5) is 32.3 Å². The monoisotopic (exact) mass is 1210 g/mol. The minimum atomic E-state index is -4.19. The Bertz CT molecular complexity index is 3860. The number of rotatable bonds is 20. The van der Waals surface area contributed by atoms with E-state index in [0.717, 1.165) is 16.5 Å². The number of ether oxygens (including phenoxy) is 2. The summed E-state index contributed by atoms with van der Waals surface area (Å²) in [6.45, 7) is 9.11. The van der Waals surface area contributed by atoms with Gasteiger partial charge in [-0.25, -0.2) is 32.6 Å². The van der Waals surface area contributed by atoms with Crippen LogP contribution in [-0.2, 0) is 62.2 Å². The number of esters is 2. The highest BCUT2D eigenvalue weighted by Gasteiger charge is 2.52. The molecule has 0 spiro atoms. The van der Waals surface area contributed by atoms with Crippen LogP contribution in [0.1, 0.15) is 95.0 Å². The van der Waals surface area contributed by atoms with Crippen molar-refractivity contribution in [3.8, 4) is 11.4 Å². The van der Waals surface area contributed by atoms with Crippen molar-refractivity contribution >= 4 is 103 Å². The van der Waals surface area contributed by atoms with Gasteiger partial charge in [-0.3, -0.25) is 23.9 Å². The van der Waals surface area contributed by atoms with Crippen LogP contribution in [0.25, 0.3) is 22.3 Å². The van der Waals surface area contributed by atoms with Gasteiger partial charge < -0.3 is 61.3 Å². The van der Waals surface area contributed by atoms with Gasteiger partial charge in [0.05, 0.1) is 46.4 Å². The van der Waals surface area contributed by atoms with Crippen molar-refractivity contribution in [2.45, 2.75) is 115 Å². The molecule has 1 fully saturated rings. The summed E-state index contributed by atoms with van der Waals surface area (Å²) in [6, 6.07) is 23.5. The molecular formula is C60H65N11O13S2. The van der Waals surface area contributed by atoms with Crippen molar-refractivity contribution in [1.29, 1.82) is 0 Å². The molecule has 6 aromatic rings. The molecule has 9 N–H and O–H groups in total. The fourth-order valence-electron chi connectivity index (χ4n) is 10.6. The highest BCUT2D eigenvalue weighted by molar-refractivity contribution is 7.92. The van der Waals surface area contributed by atoms with Gasteiger partial charge in [-0.2, -0.15) is 0 Å². The van der Waals surface area contributed by atoms with Crippen LogP contribution in [0.5, 0.6) is 0 Å². The first-order chi connectivity index (χ1) is 41.1. The number of nitrogens with one attached hydrogen (secondary N) is 8. The Morgan fingerprint density at radius 1 is 0.826 bits per heavy atom. The van der Waals surface area contributed by atoms with Crippen molar-refractivity contribution in [1.82, 2.24) is 35.7 Å². The summed E-state index contributed by atoms with van der Waals surface area (Å²) in [6.07, 6.45) is 0.847. The molecule has 24 nitrogen and oxygen atoms in total. The third kappa shape index (κ3) is 13.4. The molecule has 0 radical (unpaired) electrons. The predicted molar refractivity (Wildman–Crippen MR) is 323 cm³/mol. The van der Waals surface area contributed by atoms with Gasteiger partial charge in [-0.05, 0) is 129 Å². The van der Waals surface area contributed by atoms with Crippen LogP contribution in [0.3, 0.4) is 0 Å². The minimum absolute atomic E-state index is 0.0554. The number of urea groups is 2. The van der Waals surface area contributed by atoms with E-state index >= 15 is 0 Å². The molecule has 5 atom stereocenters. The second-order valence-corrected chi connectivity index (χ2v) is 23.5. The van der Waals surface area contributed by atoms with E-state index in [1.807, 2.05) is 37.3 Å². The Hall–Kier alpha value is -9.43. The summed E-state index contributed by atoms with van der Waals surface area (Å²) in [4.78, 5) is 114. The molecule has 5 heterocycles. The smallest absolute Gasteiger partial charge is 0.355 e. The minimum Gasteiger partial charge on any atom is -0.481 e. The third-order valence-electron chi connectivity index (χ3n) is 15.0. The molecule has 4 aromatic carbocycles. The normalized spacial score (nSPS) is 16.9. The van der Waals surface area contributed by atoms with Crippen LogP contribution >= 0.6 is 12.2 Å². The number of aromatic nitrogens is 2. The number of fused-ring (bicyclic) bond motifs is 5. The lowest BCUT2D eigenvalue weighted by atomic mass is 9.85. The molecule has 0 bridgehead atoms. The Balaban J connectivity index is 0.785. The SMILES string of the molecule is CCCNC(=O)Nc1cccc(S(=O)(=O)Nc2cccc(C(CC(=O)O)NC(=O)Nc3ccc(NC(=S)N[C@@H](C)C(=O)N4CCC[C@H]4C(=O)N[C@H](C(=O)O[C@]4(CC)C(=O)OCc5c4cc4n(c5=O)Cc5cc6ccccc6nc5-4)C(C)C)cc3)c2)c1. The van der Waals surface area contributed by atoms with E-state index in [1.54, 1.807) is 62.6 Å². The molecule has 1 saturated heterocycles. The van der Waals surface area contributed by atoms with Crippen molar-refractivity contribution in [3.05, 3.63) is 142 Å². The number of pyridine rings is 2. The van der Waals surface area contributed by atoms with E-state index in [-0.39, 0.29) is 64.2 Å². The predicted octanol–water partition coefficient (Wildman–Crippen LogP) is 6.81. The van der Waals surface area contributed by atoms with Gasteiger partial charge in [0.25, 0.3) is 15.6 Å². The van der Waals surface area contributed by atoms with Gasteiger partial charge >= 0.3 is 30.0 Å². The van der Waals surface area contributed by atoms with Crippen LogP contribution in [-0.4, -0.2) is 106 Å². The molecule has 3 aliphatic heterocycles. The number of amides is 6. The Morgan fingerprint density at radius 2 is 1.53 bits per heavy atom. The summed E-state index contributed by atoms with van der Waals surface area (Å²) in [5.41, 5.74) is 1.90. The zero-order chi connectivity index (χ0) is 61.6. The quantitative estimate of drug-likeness (QED) is 0.0280. The lowest BCUT2D eigenvalue weighted by Crippen LogP contribution is -2.57. The Morgan fingerprint density at radius 3 is 2.26 bits per heavy atom. The molecule has 2 aromatic heterocycles. The number of likely N-dealkylation sites (tertiary alicyclic amines) is 1. The molecule has 450 valence electrons. The molecule has 0 saturated carbocycles. The summed E-state index contributed by atoms with van der Waals surface area (Å²) in [5, 5.41) is 30.0. The standard InChI is InChI=1S/C60H65N11O13S2/c1-6-24-61-57(79)64-40-15-11-17-42(28-40)86(81,82)69-41-16-10-14-36(27-41)46(30-49(72)73)67-58(80)63-38-20-22-39(23-21-38)65-59(85)62-34(5)53(75)70-25-12-19-47(70)52(74)68-50(33(3)4)55(77)84-60(7-2)44-29-48-51-37(26-35-13-8-9-18-45(35)66-51)31-71(48)54(76)43(44)32-83-56(60)78/h8-11,13-18,20-23,26-29,33-34,46-47,50,69H,6-7,12,19,24-25,30-32H2,1-5H3,(H,68,74)(H,72,73)(H2,61,64,79)(H2,62,65,85)(H2,63,67,80)/t34-,46?,47-,50-,60-/m0/s1. The number of benzene rings is 4. The zero-order valence-corrected chi connectivity index (χ0v) is 49.3. The number of anilines is 4. The molecule has 6 amide bonds. The van der Waals surface area contributed by atoms with Gasteiger partial charge in [0.1, 0.15) is 24.7 Å². The van der Waals surface area contributed by atoms with E-state index in [9.17, 15) is 51.9 Å². The number of thiocarbonyl (C=S) groups is 1.